The molecule has 1 aliphatic heterocycles. The molecule has 1 unspecified atom stereocenters. The van der Waals surface area contributed by atoms with E-state index < -0.39 is 12.1 Å². The van der Waals surface area contributed by atoms with Gasteiger partial charge in [0.1, 0.15) is 23.0 Å². The minimum Gasteiger partial charge on any atom is -0.406 e. The molecule has 0 spiro atoms. The van der Waals surface area contributed by atoms with Crippen LogP contribution in [0.5, 0.6) is 5.75 Å². The fourth-order valence-electron chi connectivity index (χ4n) is 5.35. The highest BCUT2D eigenvalue weighted by Crippen LogP contribution is 2.35. The topological polar surface area (TPSA) is 87.3 Å². The first-order chi connectivity index (χ1) is 18.1. The number of anilines is 1. The Labute approximate surface area is 219 Å². The predicted molar refractivity (Wildman–Crippen MR) is 138 cm³/mol. The zero-order valence-corrected chi connectivity index (χ0v) is 21.9. The quantitative estimate of drug-likeness (QED) is 0.430. The van der Waals surface area contributed by atoms with Gasteiger partial charge in [0.2, 0.25) is 0 Å². The van der Waals surface area contributed by atoms with Gasteiger partial charge >= 0.3 is 12.1 Å². The van der Waals surface area contributed by atoms with E-state index in [1.54, 1.807) is 31.3 Å². The summed E-state index contributed by atoms with van der Waals surface area (Å²) in [6.07, 6.45) is -2.37. The molecule has 3 aromatic rings. The SMILES string of the molecule is CCC(c1ccc(OC(F)(F)F)cc1)N1C[C@H](CC)N(c2nc(=O)n(C)c3ccc(C#N)nc23)C[C@H]1CC. The van der Waals surface area contributed by atoms with Gasteiger partial charge in [-0.1, -0.05) is 32.9 Å². The summed E-state index contributed by atoms with van der Waals surface area (Å²) in [5, 5.41) is 9.42. The smallest absolute Gasteiger partial charge is 0.406 e. The number of hydrogen-bond acceptors (Lipinski definition) is 7. The van der Waals surface area contributed by atoms with E-state index >= 15 is 0 Å². The number of piperazine rings is 1. The summed E-state index contributed by atoms with van der Waals surface area (Å²) in [5.41, 5.74) is 1.90. The highest BCUT2D eigenvalue weighted by atomic mass is 19.4. The zero-order chi connectivity index (χ0) is 27.6. The number of benzene rings is 1. The van der Waals surface area contributed by atoms with E-state index in [-0.39, 0.29) is 29.6 Å². The Balaban J connectivity index is 1.69. The fraction of sp³-hybridized carbons (Fsp3) is 0.481. The summed E-state index contributed by atoms with van der Waals surface area (Å²) in [5.74, 6) is 0.235. The second-order valence-corrected chi connectivity index (χ2v) is 9.47. The van der Waals surface area contributed by atoms with Crippen molar-refractivity contribution in [1.82, 2.24) is 19.4 Å². The Morgan fingerprint density at radius 1 is 1.05 bits per heavy atom. The first-order valence-corrected chi connectivity index (χ1v) is 12.8. The Bertz CT molecular complexity index is 1380. The average molecular weight is 529 g/mol. The lowest BCUT2D eigenvalue weighted by Crippen LogP contribution is -2.59. The summed E-state index contributed by atoms with van der Waals surface area (Å²) < 4.78 is 43.3. The van der Waals surface area contributed by atoms with Crippen LogP contribution in [0.25, 0.3) is 11.0 Å². The molecule has 0 amide bonds. The molecule has 0 aliphatic carbocycles. The van der Waals surface area contributed by atoms with Gasteiger partial charge in [-0.05, 0) is 49.1 Å². The van der Waals surface area contributed by atoms with Crippen molar-refractivity contribution in [3.63, 3.8) is 0 Å². The van der Waals surface area contributed by atoms with Crippen LogP contribution in [-0.2, 0) is 7.05 Å². The average Bonchev–Trinajstić information content (AvgIpc) is 2.90. The van der Waals surface area contributed by atoms with Gasteiger partial charge in [0, 0.05) is 38.3 Å². The molecule has 1 saturated heterocycles. The number of aromatic nitrogens is 3. The lowest BCUT2D eigenvalue weighted by atomic mass is 9.95. The van der Waals surface area contributed by atoms with E-state index in [1.807, 2.05) is 0 Å². The van der Waals surface area contributed by atoms with Crippen LogP contribution >= 0.6 is 0 Å². The van der Waals surface area contributed by atoms with Crippen molar-refractivity contribution in [2.45, 2.75) is 64.5 Å². The number of hydrogen-bond donors (Lipinski definition) is 0. The maximum absolute atomic E-state index is 12.8. The molecular weight excluding hydrogens is 497 g/mol. The maximum Gasteiger partial charge on any atom is 0.573 e. The van der Waals surface area contributed by atoms with Crippen LogP contribution in [0.15, 0.2) is 41.2 Å². The van der Waals surface area contributed by atoms with Gasteiger partial charge in [0.25, 0.3) is 0 Å². The third-order valence-corrected chi connectivity index (χ3v) is 7.29. The molecular formula is C27H31F3N6O2. The van der Waals surface area contributed by atoms with Crippen molar-refractivity contribution in [1.29, 1.82) is 5.26 Å². The maximum atomic E-state index is 12.8. The van der Waals surface area contributed by atoms with E-state index in [9.17, 15) is 23.2 Å². The van der Waals surface area contributed by atoms with Gasteiger partial charge in [-0.2, -0.15) is 10.2 Å². The van der Waals surface area contributed by atoms with Gasteiger partial charge in [0.05, 0.1) is 5.52 Å². The van der Waals surface area contributed by atoms with Crippen LogP contribution in [-0.4, -0.2) is 51.0 Å². The molecule has 38 heavy (non-hydrogen) atoms. The van der Waals surface area contributed by atoms with Crippen molar-refractivity contribution in [2.75, 3.05) is 18.0 Å². The highest BCUT2D eigenvalue weighted by Gasteiger charge is 2.38. The van der Waals surface area contributed by atoms with Gasteiger partial charge in [-0.15, -0.1) is 13.2 Å². The summed E-state index contributed by atoms with van der Waals surface area (Å²) in [7, 11) is 1.64. The van der Waals surface area contributed by atoms with Crippen molar-refractivity contribution in [2.24, 2.45) is 7.05 Å². The van der Waals surface area contributed by atoms with Crippen LogP contribution in [0.4, 0.5) is 19.0 Å². The number of fused-ring (bicyclic) bond motifs is 1. The summed E-state index contributed by atoms with van der Waals surface area (Å²) in [4.78, 5) is 26.2. The van der Waals surface area contributed by atoms with Crippen LogP contribution in [0, 0.1) is 11.3 Å². The number of nitrogens with zero attached hydrogens (tertiary/aromatic N) is 6. The molecule has 11 heteroatoms. The third kappa shape index (κ3) is 5.45. The zero-order valence-electron chi connectivity index (χ0n) is 21.9. The molecule has 8 nitrogen and oxygen atoms in total. The number of alkyl halides is 3. The summed E-state index contributed by atoms with van der Waals surface area (Å²) in [6.45, 7) is 7.49. The largest absolute Gasteiger partial charge is 0.573 e. The Morgan fingerprint density at radius 2 is 1.74 bits per heavy atom. The predicted octanol–water partition coefficient (Wildman–Crippen LogP) is 4.93. The van der Waals surface area contributed by atoms with Crippen LogP contribution in [0.1, 0.15) is 57.3 Å². The molecule has 4 rings (SSSR count). The molecule has 1 fully saturated rings. The Hall–Kier alpha value is -3.65. The lowest BCUT2D eigenvalue weighted by Gasteiger charge is -2.49. The number of nitriles is 1. The molecule has 3 heterocycles. The molecule has 0 bridgehead atoms. The molecule has 1 aliphatic rings. The van der Waals surface area contributed by atoms with Crippen molar-refractivity contribution < 1.29 is 17.9 Å². The van der Waals surface area contributed by atoms with Crippen molar-refractivity contribution in [3.8, 4) is 11.8 Å². The van der Waals surface area contributed by atoms with Crippen molar-refractivity contribution >= 4 is 16.9 Å². The Morgan fingerprint density at radius 3 is 2.32 bits per heavy atom. The third-order valence-electron chi connectivity index (χ3n) is 7.29. The fourth-order valence-corrected chi connectivity index (χ4v) is 5.35. The highest BCUT2D eigenvalue weighted by molar-refractivity contribution is 5.86. The van der Waals surface area contributed by atoms with E-state index in [0.717, 1.165) is 24.8 Å². The summed E-state index contributed by atoms with van der Waals surface area (Å²) in [6, 6.07) is 11.6. The molecule has 0 N–H and O–H groups in total. The molecule has 3 atom stereocenters. The first-order valence-electron chi connectivity index (χ1n) is 12.8. The molecule has 202 valence electrons. The molecule has 1 aromatic carbocycles. The molecule has 0 saturated carbocycles. The Kier molecular flexibility index (Phi) is 7.92. The molecule has 0 radical (unpaired) electrons. The number of aryl methyl sites for hydroxylation is 1. The minimum absolute atomic E-state index is 0.00671. The lowest BCUT2D eigenvalue weighted by molar-refractivity contribution is -0.274. The van der Waals surface area contributed by atoms with Crippen LogP contribution in [0.3, 0.4) is 0 Å². The van der Waals surface area contributed by atoms with Gasteiger partial charge < -0.3 is 9.64 Å². The normalized spacial score (nSPS) is 19.4. The van der Waals surface area contributed by atoms with Gasteiger partial charge in [-0.3, -0.25) is 9.47 Å². The number of pyridine rings is 1. The van der Waals surface area contributed by atoms with Gasteiger partial charge in [-0.25, -0.2) is 9.78 Å². The standard InChI is InChI=1S/C27H31F3N6O2/c1-5-19-16-36(25-24-23(34(4)26(37)33-25)13-10-18(14-31)32-24)20(6-2)15-35(19)22(7-3)17-8-11-21(12-9-17)38-27(28,29)30/h8-13,19-20,22H,5-7,15-16H2,1-4H3/t19-,20+,22?/m1/s1. The van der Waals surface area contributed by atoms with E-state index in [4.69, 9.17) is 0 Å². The van der Waals surface area contributed by atoms with Gasteiger partial charge in [0.15, 0.2) is 5.82 Å². The second kappa shape index (κ2) is 11.0. The minimum atomic E-state index is -4.73. The number of halogens is 3. The monoisotopic (exact) mass is 528 g/mol. The second-order valence-electron chi connectivity index (χ2n) is 9.47. The van der Waals surface area contributed by atoms with Crippen LogP contribution in [0.2, 0.25) is 0 Å². The van der Waals surface area contributed by atoms with E-state index in [1.165, 1.54) is 16.7 Å². The van der Waals surface area contributed by atoms with Crippen LogP contribution < -0.4 is 15.3 Å². The van der Waals surface area contributed by atoms with E-state index in [2.05, 4.69) is 51.3 Å². The first kappa shape index (κ1) is 27.4. The molecule has 2 aromatic heterocycles. The van der Waals surface area contributed by atoms with E-state index in [0.29, 0.717) is 29.9 Å². The summed E-state index contributed by atoms with van der Waals surface area (Å²) >= 11 is 0. The number of ether oxygens (including phenoxy) is 1. The number of rotatable bonds is 7. The van der Waals surface area contributed by atoms with Crippen molar-refractivity contribution in [3.05, 3.63) is 58.1 Å².